The van der Waals surface area contributed by atoms with Crippen molar-refractivity contribution in [1.29, 1.82) is 0 Å². The van der Waals surface area contributed by atoms with E-state index < -0.39 is 0 Å². The summed E-state index contributed by atoms with van der Waals surface area (Å²) in [7, 11) is 0. The van der Waals surface area contributed by atoms with Crippen molar-refractivity contribution in [2.24, 2.45) is 0 Å². The first-order valence-corrected chi connectivity index (χ1v) is 11.5. The van der Waals surface area contributed by atoms with Gasteiger partial charge < -0.3 is 9.80 Å². The summed E-state index contributed by atoms with van der Waals surface area (Å²) < 4.78 is 4.82. The van der Waals surface area contributed by atoms with Crippen molar-refractivity contribution in [3.63, 3.8) is 0 Å². The van der Waals surface area contributed by atoms with E-state index in [0.29, 0.717) is 0 Å². The highest BCUT2D eigenvalue weighted by Crippen LogP contribution is 2.48. The van der Waals surface area contributed by atoms with Gasteiger partial charge in [-0.2, -0.15) is 0 Å². The van der Waals surface area contributed by atoms with E-state index in [-0.39, 0.29) is 0 Å². The Morgan fingerprint density at radius 2 is 1.43 bits per heavy atom. The van der Waals surface area contributed by atoms with Crippen molar-refractivity contribution in [3.8, 4) is 0 Å². The molecule has 0 bridgehead atoms. The summed E-state index contributed by atoms with van der Waals surface area (Å²) in [6.07, 6.45) is 5.51. The lowest BCUT2D eigenvalue weighted by molar-refractivity contribution is 0.129. The third-order valence-corrected chi connectivity index (χ3v) is 7.52. The highest BCUT2D eigenvalue weighted by Gasteiger charge is 2.30. The molecule has 2 fully saturated rings. The lowest BCUT2D eigenvalue weighted by Gasteiger charge is -2.37. The van der Waals surface area contributed by atoms with E-state index in [2.05, 4.69) is 73.0 Å². The van der Waals surface area contributed by atoms with Crippen molar-refractivity contribution in [1.82, 2.24) is 9.80 Å². The minimum atomic E-state index is 0.842. The molecule has 0 spiro atoms. The van der Waals surface area contributed by atoms with E-state index >= 15 is 0 Å². The fraction of sp³-hybridized carbons (Fsp3) is 0.478. The molecule has 28 heavy (non-hydrogen) atoms. The zero-order valence-corrected chi connectivity index (χ0v) is 17.4. The standard InChI is InChI=1S/C23H30N4S/c1-2-8-21(9-3-1)27-23-11-5-4-10-22(23)26(28-27)19-18-24-16-12-20(13-17-24)25-14-6-7-15-25/h1-5,8-11,20H,6-7,12-19H2. The summed E-state index contributed by atoms with van der Waals surface area (Å²) in [6, 6.07) is 20.3. The van der Waals surface area contributed by atoms with Gasteiger partial charge in [-0.3, -0.25) is 8.61 Å². The molecule has 0 aromatic heterocycles. The second-order valence-electron chi connectivity index (χ2n) is 8.12. The molecular weight excluding hydrogens is 364 g/mol. The van der Waals surface area contributed by atoms with Crippen LogP contribution in [-0.2, 0) is 0 Å². The number of piperidine rings is 1. The number of rotatable bonds is 5. The van der Waals surface area contributed by atoms with Gasteiger partial charge in [0, 0.05) is 19.1 Å². The van der Waals surface area contributed by atoms with Gasteiger partial charge in [0.25, 0.3) is 0 Å². The summed E-state index contributed by atoms with van der Waals surface area (Å²) in [5.41, 5.74) is 3.88. The Morgan fingerprint density at radius 3 is 2.18 bits per heavy atom. The largest absolute Gasteiger partial charge is 0.301 e. The van der Waals surface area contributed by atoms with Gasteiger partial charge in [-0.15, -0.1) is 0 Å². The molecule has 0 atom stereocenters. The predicted octanol–water partition coefficient (Wildman–Crippen LogP) is 4.77. The van der Waals surface area contributed by atoms with Gasteiger partial charge in [-0.25, -0.2) is 0 Å². The minimum Gasteiger partial charge on any atom is -0.301 e. The first-order chi connectivity index (χ1) is 13.9. The fourth-order valence-electron chi connectivity index (χ4n) is 4.79. The summed E-state index contributed by atoms with van der Waals surface area (Å²) >= 11 is 1.83. The predicted molar refractivity (Wildman–Crippen MR) is 120 cm³/mol. The van der Waals surface area contributed by atoms with Gasteiger partial charge in [0.05, 0.1) is 29.2 Å². The van der Waals surface area contributed by atoms with Crippen molar-refractivity contribution in [3.05, 3.63) is 54.6 Å². The summed E-state index contributed by atoms with van der Waals surface area (Å²) in [6.45, 7) is 7.39. The van der Waals surface area contributed by atoms with E-state index in [1.807, 2.05) is 12.1 Å². The number of nitrogens with zero attached hydrogens (tertiary/aromatic N) is 4. The van der Waals surface area contributed by atoms with Crippen molar-refractivity contribution in [2.45, 2.75) is 31.7 Å². The Morgan fingerprint density at radius 1 is 0.750 bits per heavy atom. The van der Waals surface area contributed by atoms with Crippen LogP contribution in [0.5, 0.6) is 0 Å². The van der Waals surface area contributed by atoms with Crippen LogP contribution in [0.1, 0.15) is 25.7 Å². The van der Waals surface area contributed by atoms with E-state index in [1.54, 1.807) is 0 Å². The van der Waals surface area contributed by atoms with Crippen LogP contribution in [-0.4, -0.2) is 55.1 Å². The van der Waals surface area contributed by atoms with Gasteiger partial charge in [0.1, 0.15) is 0 Å². The summed E-state index contributed by atoms with van der Waals surface area (Å²) in [4.78, 5) is 5.41. The number of fused-ring (bicyclic) bond motifs is 1. The zero-order chi connectivity index (χ0) is 18.8. The molecular formula is C23H30N4S. The quantitative estimate of drug-likeness (QED) is 0.676. The van der Waals surface area contributed by atoms with Crippen LogP contribution < -0.4 is 8.61 Å². The minimum absolute atomic E-state index is 0.842. The van der Waals surface area contributed by atoms with Gasteiger partial charge in [0.2, 0.25) is 0 Å². The normalized spacial score (nSPS) is 21.4. The van der Waals surface area contributed by atoms with Crippen LogP contribution in [0, 0.1) is 0 Å². The number of hydrogen-bond acceptors (Lipinski definition) is 5. The van der Waals surface area contributed by atoms with Crippen LogP contribution in [0.4, 0.5) is 17.1 Å². The maximum Gasteiger partial charge on any atom is 0.0784 e. The molecule has 0 amide bonds. The zero-order valence-electron chi connectivity index (χ0n) is 16.5. The molecule has 5 heteroatoms. The Hall–Kier alpha value is -1.69. The smallest absolute Gasteiger partial charge is 0.0784 e. The Kier molecular flexibility index (Phi) is 5.47. The Balaban J connectivity index is 1.19. The molecule has 3 aliphatic rings. The number of anilines is 3. The monoisotopic (exact) mass is 394 g/mol. The van der Waals surface area contributed by atoms with Gasteiger partial charge >= 0.3 is 0 Å². The molecule has 3 heterocycles. The molecule has 2 aromatic rings. The molecule has 0 unspecified atom stereocenters. The van der Waals surface area contributed by atoms with Crippen LogP contribution >= 0.6 is 12.1 Å². The van der Waals surface area contributed by atoms with E-state index in [1.165, 1.54) is 68.9 Å². The fourth-order valence-corrected chi connectivity index (χ4v) is 5.85. The third kappa shape index (κ3) is 3.76. The lowest BCUT2D eigenvalue weighted by atomic mass is 10.0. The highest BCUT2D eigenvalue weighted by molar-refractivity contribution is 8.02. The first kappa shape index (κ1) is 18.3. The number of hydrogen-bond donors (Lipinski definition) is 0. The molecule has 0 N–H and O–H groups in total. The second-order valence-corrected chi connectivity index (χ2v) is 9.09. The van der Waals surface area contributed by atoms with Crippen molar-refractivity contribution in [2.75, 3.05) is 47.9 Å². The first-order valence-electron chi connectivity index (χ1n) is 10.7. The molecule has 0 radical (unpaired) electrons. The highest BCUT2D eigenvalue weighted by atomic mass is 32.2. The average Bonchev–Trinajstić information content (AvgIpc) is 3.42. The van der Waals surface area contributed by atoms with Crippen LogP contribution in [0.3, 0.4) is 0 Å². The third-order valence-electron chi connectivity index (χ3n) is 6.37. The van der Waals surface area contributed by atoms with Crippen molar-refractivity contribution < 1.29 is 0 Å². The Bertz CT molecular complexity index is 769. The van der Waals surface area contributed by atoms with E-state index in [9.17, 15) is 0 Å². The SMILES string of the molecule is c1ccc(N2SN(CCN3CCC(N4CCCC4)CC3)c3ccccc32)cc1. The Labute approximate surface area is 173 Å². The van der Waals surface area contributed by atoms with Gasteiger partial charge in [-0.1, -0.05) is 30.3 Å². The van der Waals surface area contributed by atoms with Crippen molar-refractivity contribution >= 4 is 29.2 Å². The lowest BCUT2D eigenvalue weighted by Crippen LogP contribution is -2.45. The topological polar surface area (TPSA) is 13.0 Å². The molecule has 2 aromatic carbocycles. The maximum absolute atomic E-state index is 2.74. The maximum atomic E-state index is 2.74. The molecule has 0 aliphatic carbocycles. The van der Waals surface area contributed by atoms with E-state index in [0.717, 1.165) is 19.1 Å². The van der Waals surface area contributed by atoms with Gasteiger partial charge in [-0.05, 0) is 76.1 Å². The van der Waals surface area contributed by atoms with Crippen LogP contribution in [0.15, 0.2) is 54.6 Å². The number of benzene rings is 2. The molecule has 3 aliphatic heterocycles. The van der Waals surface area contributed by atoms with Crippen LogP contribution in [0.2, 0.25) is 0 Å². The summed E-state index contributed by atoms with van der Waals surface area (Å²) in [5.74, 6) is 0. The summed E-state index contributed by atoms with van der Waals surface area (Å²) in [5, 5.41) is 0. The molecule has 5 rings (SSSR count). The molecule has 2 saturated heterocycles. The average molecular weight is 395 g/mol. The molecule has 0 saturated carbocycles. The number of likely N-dealkylation sites (tertiary alicyclic amines) is 2. The molecule has 4 nitrogen and oxygen atoms in total. The second kappa shape index (κ2) is 8.36. The van der Waals surface area contributed by atoms with Crippen LogP contribution in [0.25, 0.3) is 0 Å². The molecule has 148 valence electrons. The van der Waals surface area contributed by atoms with E-state index in [4.69, 9.17) is 0 Å². The van der Waals surface area contributed by atoms with Gasteiger partial charge in [0.15, 0.2) is 0 Å². The number of para-hydroxylation sites is 3.